The summed E-state index contributed by atoms with van der Waals surface area (Å²) in [7, 11) is 0. The van der Waals surface area contributed by atoms with Gasteiger partial charge in [0.2, 0.25) is 17.6 Å². The molecule has 1 saturated heterocycles. The number of nitrogens with one attached hydrogen (secondary N) is 1. The van der Waals surface area contributed by atoms with Crippen LogP contribution < -0.4 is 5.32 Å². The minimum absolute atomic E-state index is 0.0500. The number of rotatable bonds is 9. The van der Waals surface area contributed by atoms with Crippen LogP contribution in [-0.4, -0.2) is 48.1 Å². The molecule has 0 spiro atoms. The van der Waals surface area contributed by atoms with Crippen molar-refractivity contribution >= 4 is 11.8 Å². The number of furan rings is 1. The Morgan fingerprint density at radius 1 is 1.40 bits per heavy atom. The lowest BCUT2D eigenvalue weighted by Gasteiger charge is -2.15. The third-order valence-electron chi connectivity index (χ3n) is 3.90. The number of ether oxygens (including phenoxy) is 1. The molecule has 2 amide bonds. The molecule has 8 nitrogen and oxygen atoms in total. The van der Waals surface area contributed by atoms with E-state index in [1.54, 1.807) is 24.5 Å². The van der Waals surface area contributed by atoms with Gasteiger partial charge in [-0.3, -0.25) is 9.59 Å². The van der Waals surface area contributed by atoms with E-state index in [0.717, 1.165) is 19.4 Å². The molecule has 0 aliphatic carbocycles. The predicted molar refractivity (Wildman–Crippen MR) is 87.3 cm³/mol. The minimum atomic E-state index is -0.192. The van der Waals surface area contributed by atoms with Gasteiger partial charge in [-0.2, -0.15) is 0 Å². The van der Waals surface area contributed by atoms with Gasteiger partial charge >= 0.3 is 0 Å². The Balaban J connectivity index is 1.28. The van der Waals surface area contributed by atoms with Gasteiger partial charge in [-0.1, -0.05) is 5.16 Å². The first kappa shape index (κ1) is 17.2. The molecule has 1 aliphatic heterocycles. The van der Waals surface area contributed by atoms with E-state index in [0.29, 0.717) is 36.7 Å². The minimum Gasteiger partial charge on any atom is -0.461 e. The second-order valence-corrected chi connectivity index (χ2v) is 5.84. The zero-order chi connectivity index (χ0) is 17.5. The highest BCUT2D eigenvalue weighted by Gasteiger charge is 2.19. The fourth-order valence-corrected chi connectivity index (χ4v) is 2.65. The van der Waals surface area contributed by atoms with Crippen molar-refractivity contribution in [1.82, 2.24) is 15.4 Å². The number of carbonyl (C=O) groups excluding carboxylic acids is 2. The van der Waals surface area contributed by atoms with E-state index < -0.39 is 0 Å². The van der Waals surface area contributed by atoms with E-state index in [1.165, 1.54) is 0 Å². The Kier molecular flexibility index (Phi) is 5.84. The topological polar surface area (TPSA) is 97.8 Å². The van der Waals surface area contributed by atoms with Crippen LogP contribution in [0.25, 0.3) is 11.5 Å². The summed E-state index contributed by atoms with van der Waals surface area (Å²) in [6, 6.07) is 5.25. The first-order valence-corrected chi connectivity index (χ1v) is 8.34. The highest BCUT2D eigenvalue weighted by molar-refractivity contribution is 5.78. The average molecular weight is 347 g/mol. The van der Waals surface area contributed by atoms with Crippen LogP contribution in [0.15, 0.2) is 33.4 Å². The van der Waals surface area contributed by atoms with Crippen molar-refractivity contribution in [3.8, 4) is 11.5 Å². The zero-order valence-electron chi connectivity index (χ0n) is 13.9. The van der Waals surface area contributed by atoms with Crippen LogP contribution in [0.5, 0.6) is 0 Å². The molecule has 1 fully saturated rings. The summed E-state index contributed by atoms with van der Waals surface area (Å²) >= 11 is 0. The number of amides is 2. The monoisotopic (exact) mass is 347 g/mol. The third kappa shape index (κ3) is 4.93. The Morgan fingerprint density at radius 3 is 3.08 bits per heavy atom. The molecule has 0 atom stereocenters. The maximum atomic E-state index is 11.7. The predicted octanol–water partition coefficient (Wildman–Crippen LogP) is 1.58. The Labute approximate surface area is 145 Å². The lowest BCUT2D eigenvalue weighted by Crippen LogP contribution is -2.32. The first-order valence-electron chi connectivity index (χ1n) is 8.34. The van der Waals surface area contributed by atoms with E-state index in [9.17, 15) is 9.59 Å². The van der Waals surface area contributed by atoms with Gasteiger partial charge in [0.15, 0.2) is 5.76 Å². The molecule has 2 aromatic rings. The van der Waals surface area contributed by atoms with Crippen molar-refractivity contribution in [1.29, 1.82) is 0 Å². The number of hydrogen-bond donors (Lipinski definition) is 1. The molecule has 0 bridgehead atoms. The van der Waals surface area contributed by atoms with Gasteiger partial charge in [0.25, 0.3) is 0 Å². The summed E-state index contributed by atoms with van der Waals surface area (Å²) < 4.78 is 15.7. The summed E-state index contributed by atoms with van der Waals surface area (Å²) in [5, 5.41) is 6.64. The molecule has 3 heterocycles. The maximum Gasteiger partial charge on any atom is 0.246 e. The van der Waals surface area contributed by atoms with E-state index in [2.05, 4.69) is 10.5 Å². The molecule has 3 rings (SSSR count). The number of hydrogen-bond acceptors (Lipinski definition) is 6. The van der Waals surface area contributed by atoms with Crippen LogP contribution in [0.4, 0.5) is 0 Å². The van der Waals surface area contributed by atoms with Gasteiger partial charge < -0.3 is 23.9 Å². The molecule has 1 aliphatic rings. The van der Waals surface area contributed by atoms with E-state index in [1.807, 2.05) is 4.90 Å². The van der Waals surface area contributed by atoms with Crippen molar-refractivity contribution in [3.05, 3.63) is 30.2 Å². The molecule has 0 saturated carbocycles. The van der Waals surface area contributed by atoms with Gasteiger partial charge in [-0.05, 0) is 25.0 Å². The molecule has 1 N–H and O–H groups in total. The Hall–Kier alpha value is -2.61. The molecule has 0 radical (unpaired) electrons. The zero-order valence-corrected chi connectivity index (χ0v) is 13.9. The maximum absolute atomic E-state index is 11.7. The summed E-state index contributed by atoms with van der Waals surface area (Å²) in [6.07, 6.45) is 3.87. The molecule has 0 unspecified atom stereocenters. The second kappa shape index (κ2) is 8.48. The van der Waals surface area contributed by atoms with E-state index >= 15 is 0 Å². The number of nitrogens with zero attached hydrogens (tertiary/aromatic N) is 2. The molecule has 2 aromatic heterocycles. The lowest BCUT2D eigenvalue weighted by atomic mass is 10.3. The van der Waals surface area contributed by atoms with Gasteiger partial charge in [-0.25, -0.2) is 0 Å². The van der Waals surface area contributed by atoms with Crippen molar-refractivity contribution in [2.45, 2.75) is 25.9 Å². The smallest absolute Gasteiger partial charge is 0.246 e. The van der Waals surface area contributed by atoms with Crippen molar-refractivity contribution in [2.75, 3.05) is 26.2 Å². The van der Waals surface area contributed by atoms with Crippen LogP contribution >= 0.6 is 0 Å². The normalized spacial score (nSPS) is 14.2. The summed E-state index contributed by atoms with van der Waals surface area (Å²) in [5.74, 6) is 1.12. The van der Waals surface area contributed by atoms with Crippen molar-refractivity contribution < 1.29 is 23.3 Å². The van der Waals surface area contributed by atoms with Crippen molar-refractivity contribution in [3.63, 3.8) is 0 Å². The standard InChI is InChI=1S/C17H21N3O5/c21-16(18-6-3-8-20-7-1-5-17(20)22)12-23-11-13-10-15(25-19-13)14-4-2-9-24-14/h2,4,9-10H,1,3,5-8,11-12H2,(H,18,21). The lowest BCUT2D eigenvalue weighted by molar-refractivity contribution is -0.127. The number of likely N-dealkylation sites (tertiary alicyclic amines) is 1. The fourth-order valence-electron chi connectivity index (χ4n) is 2.65. The van der Waals surface area contributed by atoms with Gasteiger partial charge in [-0.15, -0.1) is 0 Å². The molecule has 0 aromatic carbocycles. The van der Waals surface area contributed by atoms with Crippen LogP contribution in [0.2, 0.25) is 0 Å². The van der Waals surface area contributed by atoms with Gasteiger partial charge in [0.05, 0.1) is 12.9 Å². The number of carbonyl (C=O) groups is 2. The second-order valence-electron chi connectivity index (χ2n) is 5.84. The highest BCUT2D eigenvalue weighted by Crippen LogP contribution is 2.20. The van der Waals surface area contributed by atoms with Crippen LogP contribution in [0, 0.1) is 0 Å². The van der Waals surface area contributed by atoms with Crippen LogP contribution in [-0.2, 0) is 20.9 Å². The SMILES string of the molecule is O=C(COCc1cc(-c2ccco2)on1)NCCCN1CCCC1=O. The average Bonchev–Trinajstić information content (AvgIpc) is 3.33. The Bertz CT molecular complexity index is 695. The molecule has 25 heavy (non-hydrogen) atoms. The summed E-state index contributed by atoms with van der Waals surface area (Å²) in [6.45, 7) is 2.17. The van der Waals surface area contributed by atoms with E-state index in [4.69, 9.17) is 13.7 Å². The quantitative estimate of drug-likeness (QED) is 0.692. The third-order valence-corrected chi connectivity index (χ3v) is 3.90. The van der Waals surface area contributed by atoms with Crippen LogP contribution in [0.1, 0.15) is 25.0 Å². The van der Waals surface area contributed by atoms with E-state index in [-0.39, 0.29) is 25.0 Å². The Morgan fingerprint density at radius 2 is 2.32 bits per heavy atom. The van der Waals surface area contributed by atoms with Crippen LogP contribution in [0.3, 0.4) is 0 Å². The largest absolute Gasteiger partial charge is 0.461 e. The molecular formula is C17H21N3O5. The molecular weight excluding hydrogens is 326 g/mol. The summed E-state index contributed by atoms with van der Waals surface area (Å²) in [4.78, 5) is 25.0. The highest BCUT2D eigenvalue weighted by atomic mass is 16.5. The van der Waals surface area contributed by atoms with Crippen molar-refractivity contribution in [2.24, 2.45) is 0 Å². The molecule has 134 valence electrons. The van der Waals surface area contributed by atoms with Gasteiger partial charge in [0.1, 0.15) is 12.3 Å². The number of aromatic nitrogens is 1. The summed E-state index contributed by atoms with van der Waals surface area (Å²) in [5.41, 5.74) is 0.590. The molecule has 8 heteroatoms. The van der Waals surface area contributed by atoms with Gasteiger partial charge in [0, 0.05) is 32.1 Å². The fraction of sp³-hybridized carbons (Fsp3) is 0.471. The first-order chi connectivity index (χ1) is 12.2.